The molecule has 0 bridgehead atoms. The largest absolute Gasteiger partial charge is 0.377 e. The summed E-state index contributed by atoms with van der Waals surface area (Å²) in [6, 6.07) is 14.4. The molecule has 3 N–H and O–H groups in total. The molecular formula is C16H19ClN2. The smallest absolute Gasteiger partial charge is 0.0636 e. The summed E-state index contributed by atoms with van der Waals surface area (Å²) in [5.41, 5.74) is 10.5. The normalized spacial score (nSPS) is 12.2. The maximum atomic E-state index is 5.97. The number of halogens is 1. The van der Waals surface area contributed by atoms with Crippen LogP contribution in [0.25, 0.3) is 0 Å². The van der Waals surface area contributed by atoms with Crippen LogP contribution >= 0.6 is 11.6 Å². The molecule has 19 heavy (non-hydrogen) atoms. The highest BCUT2D eigenvalue weighted by Crippen LogP contribution is 2.24. The lowest BCUT2D eigenvalue weighted by atomic mass is 10.0. The molecule has 0 amide bonds. The van der Waals surface area contributed by atoms with E-state index in [9.17, 15) is 0 Å². The molecule has 2 nitrogen and oxygen atoms in total. The molecule has 2 rings (SSSR count). The first-order valence-corrected chi connectivity index (χ1v) is 6.77. The Morgan fingerprint density at radius 2 is 1.79 bits per heavy atom. The lowest BCUT2D eigenvalue weighted by Gasteiger charge is -2.20. The molecule has 1 atom stereocenters. The topological polar surface area (TPSA) is 38.0 Å². The number of rotatable bonds is 4. The van der Waals surface area contributed by atoms with Crippen molar-refractivity contribution in [1.82, 2.24) is 0 Å². The highest BCUT2D eigenvalue weighted by atomic mass is 35.5. The van der Waals surface area contributed by atoms with Gasteiger partial charge < -0.3 is 11.1 Å². The third-order valence-electron chi connectivity index (χ3n) is 3.23. The van der Waals surface area contributed by atoms with E-state index in [1.54, 1.807) is 0 Å². The standard InChI is InChI=1S/C16H19ClN2/c1-11-3-5-13(6-4-11)16(10-18)19-15-8-7-14(17)9-12(15)2/h3-9,16,19H,10,18H2,1-2H3. The Balaban J connectivity index is 2.21. The Morgan fingerprint density at radius 3 is 2.37 bits per heavy atom. The van der Waals surface area contributed by atoms with Crippen molar-refractivity contribution >= 4 is 17.3 Å². The van der Waals surface area contributed by atoms with Gasteiger partial charge in [0.2, 0.25) is 0 Å². The van der Waals surface area contributed by atoms with Gasteiger partial charge in [-0.2, -0.15) is 0 Å². The first-order chi connectivity index (χ1) is 9.10. The molecule has 0 aliphatic rings. The second kappa shape index (κ2) is 6.09. The second-order valence-corrected chi connectivity index (χ2v) is 5.24. The summed E-state index contributed by atoms with van der Waals surface area (Å²) in [5.74, 6) is 0. The molecule has 0 spiro atoms. The fraction of sp³-hybridized carbons (Fsp3) is 0.250. The molecule has 0 heterocycles. The zero-order valence-corrected chi connectivity index (χ0v) is 12.0. The molecule has 100 valence electrons. The second-order valence-electron chi connectivity index (χ2n) is 4.80. The molecule has 3 heteroatoms. The zero-order chi connectivity index (χ0) is 13.8. The Bertz CT molecular complexity index is 549. The number of nitrogens with two attached hydrogens (primary N) is 1. The van der Waals surface area contributed by atoms with Gasteiger partial charge in [-0.05, 0) is 43.2 Å². The van der Waals surface area contributed by atoms with Gasteiger partial charge >= 0.3 is 0 Å². The van der Waals surface area contributed by atoms with E-state index >= 15 is 0 Å². The van der Waals surface area contributed by atoms with Crippen molar-refractivity contribution in [3.05, 3.63) is 64.2 Å². The van der Waals surface area contributed by atoms with Crippen LogP contribution in [0.3, 0.4) is 0 Å². The summed E-state index contributed by atoms with van der Waals surface area (Å²) in [4.78, 5) is 0. The lowest BCUT2D eigenvalue weighted by Crippen LogP contribution is -2.21. The van der Waals surface area contributed by atoms with Crippen molar-refractivity contribution in [3.8, 4) is 0 Å². The third kappa shape index (κ3) is 3.49. The van der Waals surface area contributed by atoms with Crippen LogP contribution in [-0.2, 0) is 0 Å². The van der Waals surface area contributed by atoms with Gasteiger partial charge in [0.05, 0.1) is 6.04 Å². The van der Waals surface area contributed by atoms with Gasteiger partial charge in [-0.15, -0.1) is 0 Å². The van der Waals surface area contributed by atoms with Gasteiger partial charge in [0, 0.05) is 17.3 Å². The SMILES string of the molecule is Cc1ccc(C(CN)Nc2ccc(Cl)cc2C)cc1. The zero-order valence-electron chi connectivity index (χ0n) is 11.3. The van der Waals surface area contributed by atoms with Crippen LogP contribution in [0.15, 0.2) is 42.5 Å². The van der Waals surface area contributed by atoms with E-state index in [0.29, 0.717) is 6.54 Å². The molecule has 0 saturated heterocycles. The van der Waals surface area contributed by atoms with Gasteiger partial charge in [-0.3, -0.25) is 0 Å². The fourth-order valence-corrected chi connectivity index (χ4v) is 2.28. The highest BCUT2D eigenvalue weighted by Gasteiger charge is 2.10. The van der Waals surface area contributed by atoms with Crippen molar-refractivity contribution in [2.75, 3.05) is 11.9 Å². The van der Waals surface area contributed by atoms with Crippen molar-refractivity contribution in [2.24, 2.45) is 5.73 Å². The maximum Gasteiger partial charge on any atom is 0.0636 e. The number of hydrogen-bond acceptors (Lipinski definition) is 2. The van der Waals surface area contributed by atoms with Crippen molar-refractivity contribution in [1.29, 1.82) is 0 Å². The molecule has 1 unspecified atom stereocenters. The van der Waals surface area contributed by atoms with E-state index in [-0.39, 0.29) is 6.04 Å². The monoisotopic (exact) mass is 274 g/mol. The minimum atomic E-state index is 0.112. The summed E-state index contributed by atoms with van der Waals surface area (Å²) < 4.78 is 0. The van der Waals surface area contributed by atoms with Crippen LogP contribution in [0.5, 0.6) is 0 Å². The van der Waals surface area contributed by atoms with E-state index < -0.39 is 0 Å². The van der Waals surface area contributed by atoms with Gasteiger partial charge in [0.1, 0.15) is 0 Å². The minimum absolute atomic E-state index is 0.112. The fourth-order valence-electron chi connectivity index (χ4n) is 2.05. The van der Waals surface area contributed by atoms with Crippen LogP contribution in [0, 0.1) is 13.8 Å². The van der Waals surface area contributed by atoms with E-state index in [1.165, 1.54) is 11.1 Å². The third-order valence-corrected chi connectivity index (χ3v) is 3.47. The van der Waals surface area contributed by atoms with Crippen LogP contribution in [-0.4, -0.2) is 6.54 Å². The van der Waals surface area contributed by atoms with Crippen molar-refractivity contribution in [3.63, 3.8) is 0 Å². The number of hydrogen-bond donors (Lipinski definition) is 2. The maximum absolute atomic E-state index is 5.97. The molecule has 0 radical (unpaired) electrons. The average Bonchev–Trinajstić information content (AvgIpc) is 2.39. The molecule has 2 aromatic rings. The molecule has 0 aliphatic heterocycles. The van der Waals surface area contributed by atoms with Gasteiger partial charge in [0.25, 0.3) is 0 Å². The number of aryl methyl sites for hydroxylation is 2. The summed E-state index contributed by atoms with van der Waals surface area (Å²) in [7, 11) is 0. The van der Waals surface area contributed by atoms with Crippen molar-refractivity contribution in [2.45, 2.75) is 19.9 Å². The van der Waals surface area contributed by atoms with Crippen LogP contribution < -0.4 is 11.1 Å². The molecular weight excluding hydrogens is 256 g/mol. The Labute approximate surface area is 119 Å². The molecule has 2 aromatic carbocycles. The Hall–Kier alpha value is -1.51. The van der Waals surface area contributed by atoms with Gasteiger partial charge in [-0.1, -0.05) is 41.4 Å². The summed E-state index contributed by atoms with van der Waals surface area (Å²) in [6.45, 7) is 4.67. The van der Waals surface area contributed by atoms with Gasteiger partial charge in [0.15, 0.2) is 0 Å². The number of benzene rings is 2. The Morgan fingerprint density at radius 1 is 1.11 bits per heavy atom. The first-order valence-electron chi connectivity index (χ1n) is 6.39. The number of nitrogens with one attached hydrogen (secondary N) is 1. The van der Waals surface area contributed by atoms with E-state index in [1.807, 2.05) is 25.1 Å². The van der Waals surface area contributed by atoms with Crippen molar-refractivity contribution < 1.29 is 0 Å². The van der Waals surface area contributed by atoms with Crippen LogP contribution in [0.2, 0.25) is 5.02 Å². The summed E-state index contributed by atoms with van der Waals surface area (Å²) in [6.07, 6.45) is 0. The highest BCUT2D eigenvalue weighted by molar-refractivity contribution is 6.30. The average molecular weight is 275 g/mol. The predicted octanol–water partition coefficient (Wildman–Crippen LogP) is 4.07. The molecule has 0 aliphatic carbocycles. The van der Waals surface area contributed by atoms with Gasteiger partial charge in [-0.25, -0.2) is 0 Å². The van der Waals surface area contributed by atoms with E-state index in [0.717, 1.165) is 16.3 Å². The van der Waals surface area contributed by atoms with E-state index in [4.69, 9.17) is 17.3 Å². The summed E-state index contributed by atoms with van der Waals surface area (Å²) >= 11 is 5.97. The Kier molecular flexibility index (Phi) is 4.46. The molecule has 0 fully saturated rings. The van der Waals surface area contributed by atoms with Crippen LogP contribution in [0.4, 0.5) is 5.69 Å². The minimum Gasteiger partial charge on any atom is -0.377 e. The van der Waals surface area contributed by atoms with Crippen LogP contribution in [0.1, 0.15) is 22.7 Å². The quantitative estimate of drug-likeness (QED) is 0.882. The predicted molar refractivity (Wildman–Crippen MR) is 82.8 cm³/mol. The lowest BCUT2D eigenvalue weighted by molar-refractivity contribution is 0.788. The summed E-state index contributed by atoms with van der Waals surface area (Å²) in [5, 5.41) is 4.23. The first kappa shape index (κ1) is 13.9. The number of anilines is 1. The molecule has 0 aromatic heterocycles. The van der Waals surface area contributed by atoms with E-state index in [2.05, 4.69) is 36.5 Å². The molecule has 0 saturated carbocycles.